The maximum Gasteiger partial charge on any atom is 0.340 e. The average Bonchev–Trinajstić information content (AvgIpc) is 2.55. The number of methoxy groups -OCH3 is 1. The molecule has 23 heavy (non-hydrogen) atoms. The summed E-state index contributed by atoms with van der Waals surface area (Å²) >= 11 is 5.93. The SMILES string of the molecule is COC(=O)c1cc(Cl)ccc1NCCOc1cccc(C)c1C. The molecule has 0 spiro atoms. The molecule has 0 amide bonds. The zero-order valence-electron chi connectivity index (χ0n) is 13.5. The van der Waals surface area contributed by atoms with Crippen LogP contribution in [0.3, 0.4) is 0 Å². The van der Waals surface area contributed by atoms with Crippen molar-refractivity contribution >= 4 is 23.3 Å². The van der Waals surface area contributed by atoms with Gasteiger partial charge in [-0.15, -0.1) is 0 Å². The molecule has 2 rings (SSSR count). The van der Waals surface area contributed by atoms with Crippen molar-refractivity contribution in [1.29, 1.82) is 0 Å². The first-order valence-corrected chi connectivity index (χ1v) is 7.71. The summed E-state index contributed by atoms with van der Waals surface area (Å²) in [5, 5.41) is 3.66. The van der Waals surface area contributed by atoms with Gasteiger partial charge in [-0.25, -0.2) is 4.79 Å². The number of aryl methyl sites for hydroxylation is 1. The van der Waals surface area contributed by atoms with Gasteiger partial charge in [-0.05, 0) is 49.2 Å². The maximum atomic E-state index is 11.8. The van der Waals surface area contributed by atoms with E-state index in [2.05, 4.69) is 18.3 Å². The molecule has 2 aromatic rings. The van der Waals surface area contributed by atoms with E-state index < -0.39 is 5.97 Å². The van der Waals surface area contributed by atoms with Crippen molar-refractivity contribution in [3.8, 4) is 5.75 Å². The third kappa shape index (κ3) is 4.39. The number of anilines is 1. The van der Waals surface area contributed by atoms with Crippen LogP contribution in [0, 0.1) is 13.8 Å². The van der Waals surface area contributed by atoms with Crippen molar-refractivity contribution in [3.63, 3.8) is 0 Å². The number of hydrogen-bond donors (Lipinski definition) is 1. The fourth-order valence-electron chi connectivity index (χ4n) is 2.18. The van der Waals surface area contributed by atoms with Crippen LogP contribution in [0.25, 0.3) is 0 Å². The number of carbonyl (C=O) groups excluding carboxylic acids is 1. The van der Waals surface area contributed by atoms with Crippen LogP contribution in [-0.4, -0.2) is 26.2 Å². The molecule has 1 N–H and O–H groups in total. The molecule has 0 bridgehead atoms. The molecule has 0 aliphatic rings. The first-order chi connectivity index (χ1) is 11.0. The Hall–Kier alpha value is -2.20. The Balaban J connectivity index is 1.96. The smallest absolute Gasteiger partial charge is 0.340 e. The molecule has 5 heteroatoms. The Morgan fingerprint density at radius 2 is 2.00 bits per heavy atom. The minimum Gasteiger partial charge on any atom is -0.491 e. The van der Waals surface area contributed by atoms with Crippen LogP contribution in [0.2, 0.25) is 5.02 Å². The predicted octanol–water partition coefficient (Wildman–Crippen LogP) is 4.23. The lowest BCUT2D eigenvalue weighted by Crippen LogP contribution is -2.15. The molecule has 0 atom stereocenters. The first kappa shape index (κ1) is 17.2. The lowest BCUT2D eigenvalue weighted by Gasteiger charge is -2.13. The molecular weight excluding hydrogens is 314 g/mol. The van der Waals surface area contributed by atoms with Gasteiger partial charge < -0.3 is 14.8 Å². The third-order valence-electron chi connectivity index (χ3n) is 3.62. The van der Waals surface area contributed by atoms with E-state index in [0.717, 1.165) is 11.3 Å². The van der Waals surface area contributed by atoms with Gasteiger partial charge in [0.15, 0.2) is 0 Å². The zero-order valence-corrected chi connectivity index (χ0v) is 14.2. The van der Waals surface area contributed by atoms with E-state index in [-0.39, 0.29) is 0 Å². The summed E-state index contributed by atoms with van der Waals surface area (Å²) in [7, 11) is 1.34. The van der Waals surface area contributed by atoms with E-state index in [1.807, 2.05) is 19.1 Å². The summed E-state index contributed by atoms with van der Waals surface area (Å²) in [6.45, 7) is 5.12. The summed E-state index contributed by atoms with van der Waals surface area (Å²) in [4.78, 5) is 11.8. The van der Waals surface area contributed by atoms with Crippen LogP contribution in [0.4, 0.5) is 5.69 Å². The standard InChI is InChI=1S/C18H20ClNO3/c1-12-5-4-6-17(13(12)2)23-10-9-20-16-8-7-14(19)11-15(16)18(21)22-3/h4-8,11,20H,9-10H2,1-3H3. The second kappa shape index (κ2) is 7.88. The highest BCUT2D eigenvalue weighted by Crippen LogP contribution is 2.22. The lowest BCUT2D eigenvalue weighted by molar-refractivity contribution is 0.0602. The second-order valence-electron chi connectivity index (χ2n) is 5.15. The van der Waals surface area contributed by atoms with Crippen molar-refractivity contribution < 1.29 is 14.3 Å². The summed E-state index contributed by atoms with van der Waals surface area (Å²) in [5.74, 6) is 0.446. The van der Waals surface area contributed by atoms with Gasteiger partial charge in [0.25, 0.3) is 0 Å². The highest BCUT2D eigenvalue weighted by molar-refractivity contribution is 6.31. The van der Waals surface area contributed by atoms with Gasteiger partial charge in [0, 0.05) is 17.3 Å². The first-order valence-electron chi connectivity index (χ1n) is 7.33. The molecule has 4 nitrogen and oxygen atoms in total. The van der Waals surface area contributed by atoms with Crippen molar-refractivity contribution in [3.05, 3.63) is 58.1 Å². The molecule has 0 aromatic heterocycles. The molecule has 0 saturated heterocycles. The molecule has 0 radical (unpaired) electrons. The fraction of sp³-hybridized carbons (Fsp3) is 0.278. The lowest BCUT2D eigenvalue weighted by atomic mass is 10.1. The Kier molecular flexibility index (Phi) is 5.88. The van der Waals surface area contributed by atoms with Gasteiger partial charge in [-0.3, -0.25) is 0 Å². The topological polar surface area (TPSA) is 47.6 Å². The molecule has 0 fully saturated rings. The van der Waals surface area contributed by atoms with Crippen LogP contribution in [0.1, 0.15) is 21.5 Å². The number of rotatable bonds is 6. The Morgan fingerprint density at radius 1 is 1.22 bits per heavy atom. The zero-order chi connectivity index (χ0) is 16.8. The van der Waals surface area contributed by atoms with E-state index >= 15 is 0 Å². The molecule has 122 valence electrons. The number of benzene rings is 2. The Morgan fingerprint density at radius 3 is 2.74 bits per heavy atom. The third-order valence-corrected chi connectivity index (χ3v) is 3.85. The Labute approximate surface area is 141 Å². The van der Waals surface area contributed by atoms with Crippen molar-refractivity contribution in [1.82, 2.24) is 0 Å². The van der Waals surface area contributed by atoms with Crippen LogP contribution in [-0.2, 0) is 4.74 Å². The summed E-state index contributed by atoms with van der Waals surface area (Å²) < 4.78 is 10.6. The van der Waals surface area contributed by atoms with E-state index in [1.54, 1.807) is 18.2 Å². The molecular formula is C18H20ClNO3. The molecule has 0 saturated carbocycles. The quantitative estimate of drug-likeness (QED) is 0.634. The van der Waals surface area contributed by atoms with Crippen LogP contribution >= 0.6 is 11.6 Å². The van der Waals surface area contributed by atoms with Crippen molar-refractivity contribution in [2.45, 2.75) is 13.8 Å². The normalized spacial score (nSPS) is 10.3. The van der Waals surface area contributed by atoms with Crippen molar-refractivity contribution in [2.75, 3.05) is 25.6 Å². The minimum absolute atomic E-state index is 0.409. The van der Waals surface area contributed by atoms with Crippen LogP contribution in [0.5, 0.6) is 5.75 Å². The van der Waals surface area contributed by atoms with Gasteiger partial charge >= 0.3 is 5.97 Å². The number of ether oxygens (including phenoxy) is 2. The summed E-state index contributed by atoms with van der Waals surface area (Å²) in [6, 6.07) is 11.0. The van der Waals surface area contributed by atoms with Crippen LogP contribution in [0.15, 0.2) is 36.4 Å². The van der Waals surface area contributed by atoms with Gasteiger partial charge in [0.05, 0.1) is 12.7 Å². The number of carbonyl (C=O) groups is 1. The maximum absolute atomic E-state index is 11.8. The second-order valence-corrected chi connectivity index (χ2v) is 5.59. The van der Waals surface area contributed by atoms with E-state index in [4.69, 9.17) is 21.1 Å². The molecule has 0 heterocycles. The van der Waals surface area contributed by atoms with Crippen molar-refractivity contribution in [2.24, 2.45) is 0 Å². The predicted molar refractivity (Wildman–Crippen MR) is 92.7 cm³/mol. The summed E-state index contributed by atoms with van der Waals surface area (Å²) in [6.07, 6.45) is 0. The van der Waals surface area contributed by atoms with Gasteiger partial charge in [-0.2, -0.15) is 0 Å². The molecule has 0 aliphatic carbocycles. The van der Waals surface area contributed by atoms with Gasteiger partial charge in [-0.1, -0.05) is 23.7 Å². The highest BCUT2D eigenvalue weighted by Gasteiger charge is 2.12. The van der Waals surface area contributed by atoms with Gasteiger partial charge in [0.1, 0.15) is 12.4 Å². The highest BCUT2D eigenvalue weighted by atomic mass is 35.5. The average molecular weight is 334 g/mol. The Bertz CT molecular complexity index is 701. The largest absolute Gasteiger partial charge is 0.491 e. The minimum atomic E-state index is -0.426. The molecule has 2 aromatic carbocycles. The fourth-order valence-corrected chi connectivity index (χ4v) is 2.35. The number of hydrogen-bond acceptors (Lipinski definition) is 4. The number of nitrogens with one attached hydrogen (secondary N) is 1. The number of esters is 1. The number of halogens is 1. The van der Waals surface area contributed by atoms with E-state index in [9.17, 15) is 4.79 Å². The molecule has 0 unspecified atom stereocenters. The van der Waals surface area contributed by atoms with E-state index in [1.165, 1.54) is 12.7 Å². The van der Waals surface area contributed by atoms with E-state index in [0.29, 0.717) is 29.4 Å². The monoisotopic (exact) mass is 333 g/mol. The summed E-state index contributed by atoms with van der Waals surface area (Å²) in [5.41, 5.74) is 3.41. The molecule has 0 aliphatic heterocycles. The van der Waals surface area contributed by atoms with Gasteiger partial charge in [0.2, 0.25) is 0 Å². The van der Waals surface area contributed by atoms with Crippen LogP contribution < -0.4 is 10.1 Å².